The average Bonchev–Trinajstić information content (AvgIpc) is 2.42. The molecule has 0 spiro atoms. The first-order chi connectivity index (χ1) is 10.3. The highest BCUT2D eigenvalue weighted by atomic mass is 16.4. The van der Waals surface area contributed by atoms with E-state index < -0.39 is 24.0 Å². The Kier molecular flexibility index (Phi) is 6.34. The van der Waals surface area contributed by atoms with Gasteiger partial charge in [0.15, 0.2) is 0 Å². The molecule has 1 rings (SSSR count). The molecule has 0 aromatic carbocycles. The van der Waals surface area contributed by atoms with Gasteiger partial charge in [-0.05, 0) is 24.8 Å². The molecular formula is C16H24N2O4. The molecule has 2 unspecified atom stereocenters. The van der Waals surface area contributed by atoms with E-state index in [0.717, 1.165) is 5.56 Å². The lowest BCUT2D eigenvalue weighted by atomic mass is 10.0. The summed E-state index contributed by atoms with van der Waals surface area (Å²) in [5.41, 5.74) is 0.586. The van der Waals surface area contributed by atoms with Crippen LogP contribution in [0.1, 0.15) is 45.2 Å². The number of nitrogens with one attached hydrogen (secondary N) is 1. The summed E-state index contributed by atoms with van der Waals surface area (Å²) in [6.45, 7) is 7.35. The summed E-state index contributed by atoms with van der Waals surface area (Å²) in [6, 6.07) is 1.44. The van der Waals surface area contributed by atoms with Crippen LogP contribution in [0.15, 0.2) is 23.1 Å². The van der Waals surface area contributed by atoms with Crippen molar-refractivity contribution in [2.24, 2.45) is 5.92 Å². The van der Waals surface area contributed by atoms with E-state index in [4.69, 9.17) is 5.11 Å². The van der Waals surface area contributed by atoms with E-state index in [1.54, 1.807) is 12.3 Å². The number of carboxylic acids is 1. The molecule has 2 N–H and O–H groups in total. The Balaban J connectivity index is 3.10. The summed E-state index contributed by atoms with van der Waals surface area (Å²) in [5.74, 6) is -1.64. The monoisotopic (exact) mass is 308 g/mol. The molecule has 2 atom stereocenters. The quantitative estimate of drug-likeness (QED) is 0.803. The molecule has 1 aromatic heterocycles. The van der Waals surface area contributed by atoms with Crippen molar-refractivity contribution in [1.82, 2.24) is 9.88 Å². The van der Waals surface area contributed by atoms with Crippen LogP contribution in [0.25, 0.3) is 0 Å². The van der Waals surface area contributed by atoms with Gasteiger partial charge < -0.3 is 15.0 Å². The Labute approximate surface area is 130 Å². The predicted octanol–water partition coefficient (Wildman–Crippen LogP) is 1.72. The lowest BCUT2D eigenvalue weighted by Crippen LogP contribution is -2.46. The van der Waals surface area contributed by atoms with E-state index in [-0.39, 0.29) is 11.5 Å². The molecule has 0 aliphatic carbocycles. The molecule has 0 aliphatic rings. The standard InChI is InChI=1S/C16H24N2O4/c1-5-6-12(16(21)22)17-15(20)14(10(2)3)18-9-11(4)7-8-13(18)19/h7-10,12,14H,5-6H2,1-4H3,(H,17,20)(H,21,22). The zero-order valence-corrected chi connectivity index (χ0v) is 13.5. The number of aliphatic carboxylic acids is 1. The Morgan fingerprint density at radius 2 is 1.95 bits per heavy atom. The summed E-state index contributed by atoms with van der Waals surface area (Å²) < 4.78 is 1.38. The zero-order valence-electron chi connectivity index (χ0n) is 13.5. The van der Waals surface area contributed by atoms with Crippen LogP contribution in [0.2, 0.25) is 0 Å². The fourth-order valence-corrected chi connectivity index (χ4v) is 2.39. The fourth-order valence-electron chi connectivity index (χ4n) is 2.39. The zero-order chi connectivity index (χ0) is 16.9. The number of hydrogen-bond donors (Lipinski definition) is 2. The molecule has 122 valence electrons. The Bertz CT molecular complexity index is 592. The average molecular weight is 308 g/mol. The van der Waals surface area contributed by atoms with Crippen molar-refractivity contribution in [3.63, 3.8) is 0 Å². The minimum Gasteiger partial charge on any atom is -0.480 e. The number of carbonyl (C=O) groups excluding carboxylic acids is 1. The molecule has 0 bridgehead atoms. The SMILES string of the molecule is CCCC(NC(=O)C(C(C)C)n1cc(C)ccc1=O)C(=O)O. The van der Waals surface area contributed by atoms with Crippen LogP contribution < -0.4 is 10.9 Å². The molecule has 0 saturated heterocycles. The number of amides is 1. The number of hydrogen-bond acceptors (Lipinski definition) is 3. The molecule has 6 heteroatoms. The largest absolute Gasteiger partial charge is 0.480 e. The molecule has 6 nitrogen and oxygen atoms in total. The maximum Gasteiger partial charge on any atom is 0.326 e. The van der Waals surface area contributed by atoms with E-state index in [1.165, 1.54) is 10.6 Å². The first kappa shape index (κ1) is 17.9. The summed E-state index contributed by atoms with van der Waals surface area (Å²) in [4.78, 5) is 35.7. The van der Waals surface area contributed by atoms with Crippen LogP contribution in [0, 0.1) is 12.8 Å². The van der Waals surface area contributed by atoms with Crippen LogP contribution >= 0.6 is 0 Å². The summed E-state index contributed by atoms with van der Waals surface area (Å²) in [7, 11) is 0. The second kappa shape index (κ2) is 7.77. The van der Waals surface area contributed by atoms with Gasteiger partial charge in [0.1, 0.15) is 12.1 Å². The fraction of sp³-hybridized carbons (Fsp3) is 0.562. The molecule has 0 radical (unpaired) electrons. The van der Waals surface area contributed by atoms with Gasteiger partial charge in [0, 0.05) is 12.3 Å². The van der Waals surface area contributed by atoms with Crippen molar-refractivity contribution in [1.29, 1.82) is 0 Å². The molecule has 22 heavy (non-hydrogen) atoms. The summed E-state index contributed by atoms with van der Waals surface area (Å²) >= 11 is 0. The number of aromatic nitrogens is 1. The molecule has 1 amide bonds. The van der Waals surface area contributed by atoms with E-state index in [9.17, 15) is 14.4 Å². The number of pyridine rings is 1. The van der Waals surface area contributed by atoms with Gasteiger partial charge in [-0.2, -0.15) is 0 Å². The van der Waals surface area contributed by atoms with Crippen LogP contribution in [-0.2, 0) is 9.59 Å². The number of carbonyl (C=O) groups is 2. The number of aryl methyl sites for hydroxylation is 1. The molecule has 1 aromatic rings. The molecular weight excluding hydrogens is 284 g/mol. The van der Waals surface area contributed by atoms with Crippen LogP contribution in [0.5, 0.6) is 0 Å². The Morgan fingerprint density at radius 3 is 2.45 bits per heavy atom. The number of rotatable bonds is 7. The molecule has 0 fully saturated rings. The highest BCUT2D eigenvalue weighted by Gasteiger charge is 2.28. The van der Waals surface area contributed by atoms with Gasteiger partial charge in [-0.1, -0.05) is 33.3 Å². The minimum atomic E-state index is -1.06. The van der Waals surface area contributed by atoms with Crippen molar-refractivity contribution in [3.05, 3.63) is 34.2 Å². The van der Waals surface area contributed by atoms with Crippen molar-refractivity contribution in [3.8, 4) is 0 Å². The van der Waals surface area contributed by atoms with Gasteiger partial charge in [-0.25, -0.2) is 4.79 Å². The second-order valence-corrected chi connectivity index (χ2v) is 5.83. The first-order valence-electron chi connectivity index (χ1n) is 7.49. The van der Waals surface area contributed by atoms with Crippen LogP contribution in [0.3, 0.4) is 0 Å². The van der Waals surface area contributed by atoms with Crippen molar-refractivity contribution < 1.29 is 14.7 Å². The van der Waals surface area contributed by atoms with Crippen LogP contribution in [-0.4, -0.2) is 27.6 Å². The maximum atomic E-state index is 12.5. The van der Waals surface area contributed by atoms with Crippen LogP contribution in [0.4, 0.5) is 0 Å². The molecule has 1 heterocycles. The molecule has 0 aliphatic heterocycles. The summed E-state index contributed by atoms with van der Waals surface area (Å²) in [6.07, 6.45) is 2.63. The van der Waals surface area contributed by atoms with Gasteiger partial charge in [-0.3, -0.25) is 9.59 Å². The summed E-state index contributed by atoms with van der Waals surface area (Å²) in [5, 5.41) is 11.7. The lowest BCUT2D eigenvalue weighted by molar-refractivity contribution is -0.142. The van der Waals surface area contributed by atoms with Gasteiger partial charge in [0.25, 0.3) is 5.56 Å². The van der Waals surface area contributed by atoms with Gasteiger partial charge in [-0.15, -0.1) is 0 Å². The van der Waals surface area contributed by atoms with Gasteiger partial charge >= 0.3 is 5.97 Å². The smallest absolute Gasteiger partial charge is 0.326 e. The van der Waals surface area contributed by atoms with Gasteiger partial charge in [0.05, 0.1) is 0 Å². The van der Waals surface area contributed by atoms with Gasteiger partial charge in [0.2, 0.25) is 5.91 Å². The van der Waals surface area contributed by atoms with Crippen molar-refractivity contribution >= 4 is 11.9 Å². The van der Waals surface area contributed by atoms with E-state index in [1.807, 2.05) is 27.7 Å². The van der Waals surface area contributed by atoms with Crippen molar-refractivity contribution in [2.45, 2.75) is 52.6 Å². The van der Waals surface area contributed by atoms with Crippen molar-refractivity contribution in [2.75, 3.05) is 0 Å². The highest BCUT2D eigenvalue weighted by molar-refractivity contribution is 5.86. The lowest BCUT2D eigenvalue weighted by Gasteiger charge is -2.25. The van der Waals surface area contributed by atoms with E-state index in [0.29, 0.717) is 12.8 Å². The third-order valence-corrected chi connectivity index (χ3v) is 3.48. The Hall–Kier alpha value is -2.11. The Morgan fingerprint density at radius 1 is 1.32 bits per heavy atom. The maximum absolute atomic E-state index is 12.5. The predicted molar refractivity (Wildman–Crippen MR) is 83.8 cm³/mol. The third kappa shape index (κ3) is 4.44. The molecule has 0 saturated carbocycles. The number of carboxylic acid groups (broad SMARTS) is 1. The second-order valence-electron chi connectivity index (χ2n) is 5.83. The first-order valence-corrected chi connectivity index (χ1v) is 7.49. The minimum absolute atomic E-state index is 0.143. The third-order valence-electron chi connectivity index (χ3n) is 3.48. The van der Waals surface area contributed by atoms with E-state index >= 15 is 0 Å². The highest BCUT2D eigenvalue weighted by Crippen LogP contribution is 2.17. The number of nitrogens with zero attached hydrogens (tertiary/aromatic N) is 1. The normalized spacial score (nSPS) is 13.7. The van der Waals surface area contributed by atoms with E-state index in [2.05, 4.69) is 5.32 Å². The topological polar surface area (TPSA) is 88.4 Å².